The Morgan fingerprint density at radius 1 is 1.42 bits per heavy atom. The maximum absolute atomic E-state index is 4.11. The molecule has 0 fully saturated rings. The molecule has 12 heavy (non-hydrogen) atoms. The van der Waals surface area contributed by atoms with Crippen LogP contribution in [0.15, 0.2) is 36.0 Å². The van der Waals surface area contributed by atoms with Crippen LogP contribution in [0.5, 0.6) is 0 Å². The van der Waals surface area contributed by atoms with Crippen molar-refractivity contribution < 1.29 is 0 Å². The predicted octanol–water partition coefficient (Wildman–Crippen LogP) is 3.72. The molecule has 1 aliphatic carbocycles. The van der Waals surface area contributed by atoms with Crippen LogP contribution in [-0.2, 0) is 0 Å². The SMILES string of the molecule is C=CC(C)C1(C)C(=C)C(C)=C1C. The zero-order valence-corrected chi connectivity index (χ0v) is 8.57. The van der Waals surface area contributed by atoms with E-state index in [-0.39, 0.29) is 5.41 Å². The molecular formula is C12H18. The fourth-order valence-corrected chi connectivity index (χ4v) is 2.02. The molecule has 0 heteroatoms. The average molecular weight is 162 g/mol. The number of rotatable bonds is 2. The van der Waals surface area contributed by atoms with Crippen LogP contribution in [0.1, 0.15) is 27.7 Å². The molecule has 0 heterocycles. The fourth-order valence-electron chi connectivity index (χ4n) is 2.02. The molecule has 0 aromatic rings. The zero-order valence-electron chi connectivity index (χ0n) is 8.57. The maximum Gasteiger partial charge on any atom is 0.0193 e. The first-order valence-corrected chi connectivity index (χ1v) is 4.46. The van der Waals surface area contributed by atoms with E-state index in [0.29, 0.717) is 5.92 Å². The van der Waals surface area contributed by atoms with Crippen LogP contribution in [-0.4, -0.2) is 0 Å². The summed E-state index contributed by atoms with van der Waals surface area (Å²) in [5.41, 5.74) is 4.32. The minimum Gasteiger partial charge on any atom is -0.103 e. The Morgan fingerprint density at radius 3 is 2.25 bits per heavy atom. The molecule has 0 amide bonds. The number of hydrogen-bond acceptors (Lipinski definition) is 0. The van der Waals surface area contributed by atoms with E-state index in [1.165, 1.54) is 16.7 Å². The molecule has 66 valence electrons. The van der Waals surface area contributed by atoms with Gasteiger partial charge < -0.3 is 0 Å². The van der Waals surface area contributed by atoms with E-state index < -0.39 is 0 Å². The van der Waals surface area contributed by atoms with Gasteiger partial charge in [0.2, 0.25) is 0 Å². The monoisotopic (exact) mass is 162 g/mol. The van der Waals surface area contributed by atoms with Crippen molar-refractivity contribution in [2.75, 3.05) is 0 Å². The molecule has 0 saturated heterocycles. The predicted molar refractivity (Wildman–Crippen MR) is 55.0 cm³/mol. The lowest BCUT2D eigenvalue weighted by atomic mass is 9.57. The van der Waals surface area contributed by atoms with Crippen molar-refractivity contribution in [3.63, 3.8) is 0 Å². The van der Waals surface area contributed by atoms with Gasteiger partial charge in [0.05, 0.1) is 0 Å². The molecule has 0 aromatic carbocycles. The lowest BCUT2D eigenvalue weighted by Crippen LogP contribution is -2.36. The zero-order chi connectivity index (χ0) is 9.52. The maximum atomic E-state index is 4.11. The Morgan fingerprint density at radius 2 is 1.92 bits per heavy atom. The molecule has 0 bridgehead atoms. The normalized spacial score (nSPS) is 31.5. The Hall–Kier alpha value is -0.780. The second-order valence-electron chi connectivity index (χ2n) is 3.96. The largest absolute Gasteiger partial charge is 0.103 e. The number of hydrogen-bond donors (Lipinski definition) is 0. The minimum atomic E-state index is 0.186. The molecule has 2 atom stereocenters. The Balaban J connectivity index is 3.06. The first kappa shape index (κ1) is 9.31. The third-order valence-electron chi connectivity index (χ3n) is 3.69. The molecular weight excluding hydrogens is 144 g/mol. The molecule has 1 rings (SSSR count). The van der Waals surface area contributed by atoms with E-state index in [1.807, 2.05) is 6.08 Å². The standard InChI is InChI=1S/C12H18/c1-7-8(2)12(6)10(4)9(3)11(12)5/h7-8H,1,4H2,2-3,5-6H3. The van der Waals surface area contributed by atoms with Crippen molar-refractivity contribution >= 4 is 0 Å². The highest BCUT2D eigenvalue weighted by Crippen LogP contribution is 2.54. The van der Waals surface area contributed by atoms with Gasteiger partial charge in [-0.3, -0.25) is 0 Å². The molecule has 0 aliphatic heterocycles. The highest BCUT2D eigenvalue weighted by molar-refractivity contribution is 5.54. The fraction of sp³-hybridized carbons (Fsp3) is 0.500. The van der Waals surface area contributed by atoms with Gasteiger partial charge in [-0.15, -0.1) is 6.58 Å². The molecule has 0 nitrogen and oxygen atoms in total. The Kier molecular flexibility index (Phi) is 2.03. The van der Waals surface area contributed by atoms with Crippen molar-refractivity contribution in [3.05, 3.63) is 36.0 Å². The van der Waals surface area contributed by atoms with E-state index >= 15 is 0 Å². The van der Waals surface area contributed by atoms with E-state index in [9.17, 15) is 0 Å². The van der Waals surface area contributed by atoms with Crippen LogP contribution < -0.4 is 0 Å². The summed E-state index contributed by atoms with van der Waals surface area (Å²) in [6.45, 7) is 16.8. The summed E-state index contributed by atoms with van der Waals surface area (Å²) in [4.78, 5) is 0. The van der Waals surface area contributed by atoms with Gasteiger partial charge in [0.15, 0.2) is 0 Å². The third kappa shape index (κ3) is 0.841. The van der Waals surface area contributed by atoms with Crippen LogP contribution in [0.2, 0.25) is 0 Å². The summed E-state index contributed by atoms with van der Waals surface area (Å²) in [5.74, 6) is 0.494. The Labute approximate surface area is 75.7 Å². The highest BCUT2D eigenvalue weighted by atomic mass is 14.5. The van der Waals surface area contributed by atoms with Crippen molar-refractivity contribution in [2.45, 2.75) is 27.7 Å². The first-order chi connectivity index (χ1) is 5.46. The third-order valence-corrected chi connectivity index (χ3v) is 3.69. The molecule has 0 saturated carbocycles. The van der Waals surface area contributed by atoms with E-state index in [0.717, 1.165) is 0 Å². The topological polar surface area (TPSA) is 0 Å². The lowest BCUT2D eigenvalue weighted by molar-refractivity contribution is 0.342. The summed E-state index contributed by atoms with van der Waals surface area (Å²) in [5, 5.41) is 0. The van der Waals surface area contributed by atoms with Crippen LogP contribution in [0.4, 0.5) is 0 Å². The van der Waals surface area contributed by atoms with Crippen LogP contribution in [0, 0.1) is 11.3 Å². The molecule has 1 aliphatic rings. The van der Waals surface area contributed by atoms with Crippen LogP contribution >= 0.6 is 0 Å². The summed E-state index contributed by atoms with van der Waals surface area (Å²) in [6, 6.07) is 0. The van der Waals surface area contributed by atoms with Gasteiger partial charge in [0, 0.05) is 5.41 Å². The molecule has 2 unspecified atom stereocenters. The van der Waals surface area contributed by atoms with Gasteiger partial charge in [-0.1, -0.05) is 32.1 Å². The van der Waals surface area contributed by atoms with Crippen molar-refractivity contribution in [3.8, 4) is 0 Å². The quantitative estimate of drug-likeness (QED) is 0.543. The van der Waals surface area contributed by atoms with Crippen molar-refractivity contribution in [1.82, 2.24) is 0 Å². The van der Waals surface area contributed by atoms with Crippen molar-refractivity contribution in [1.29, 1.82) is 0 Å². The van der Waals surface area contributed by atoms with Gasteiger partial charge in [-0.05, 0) is 30.9 Å². The van der Waals surface area contributed by atoms with Crippen LogP contribution in [0.25, 0.3) is 0 Å². The van der Waals surface area contributed by atoms with E-state index in [2.05, 4.69) is 40.9 Å². The summed E-state index contributed by atoms with van der Waals surface area (Å²) < 4.78 is 0. The number of allylic oxidation sites excluding steroid dienone is 4. The van der Waals surface area contributed by atoms with E-state index in [1.54, 1.807) is 0 Å². The lowest BCUT2D eigenvalue weighted by Gasteiger charge is -2.47. The molecule has 0 radical (unpaired) electrons. The first-order valence-electron chi connectivity index (χ1n) is 4.46. The van der Waals surface area contributed by atoms with Gasteiger partial charge in [-0.25, -0.2) is 0 Å². The second-order valence-corrected chi connectivity index (χ2v) is 3.96. The summed E-state index contributed by atoms with van der Waals surface area (Å²) in [6.07, 6.45) is 2.02. The van der Waals surface area contributed by atoms with Gasteiger partial charge in [0.25, 0.3) is 0 Å². The van der Waals surface area contributed by atoms with Gasteiger partial charge in [0.1, 0.15) is 0 Å². The molecule has 0 N–H and O–H groups in total. The van der Waals surface area contributed by atoms with Gasteiger partial charge >= 0.3 is 0 Å². The minimum absolute atomic E-state index is 0.186. The van der Waals surface area contributed by atoms with Gasteiger partial charge in [-0.2, -0.15) is 0 Å². The summed E-state index contributed by atoms with van der Waals surface area (Å²) >= 11 is 0. The smallest absolute Gasteiger partial charge is 0.0193 e. The van der Waals surface area contributed by atoms with Crippen LogP contribution in [0.3, 0.4) is 0 Å². The second kappa shape index (κ2) is 2.62. The van der Waals surface area contributed by atoms with E-state index in [4.69, 9.17) is 0 Å². The Bertz CT molecular complexity index is 268. The van der Waals surface area contributed by atoms with Crippen molar-refractivity contribution in [2.24, 2.45) is 11.3 Å². The average Bonchev–Trinajstić information content (AvgIpc) is 2.12. The highest BCUT2D eigenvalue weighted by Gasteiger charge is 2.43. The molecule has 0 spiro atoms. The summed E-state index contributed by atoms with van der Waals surface area (Å²) in [7, 11) is 0. The molecule has 0 aromatic heterocycles.